The molecule has 0 amide bonds. The van der Waals surface area contributed by atoms with Gasteiger partial charge in [-0.15, -0.1) is 6.58 Å². The second-order valence-corrected chi connectivity index (χ2v) is 3.13. The number of rotatable bonds is 2. The standard InChI is InChI=1S/C11H16O/c1-3-5-10-8-9(4-2)6-7-11(10)12/h3-4,8,11-12H,1,5-7H2,2H3/b9-4-. The molecule has 1 atom stereocenters. The lowest BCUT2D eigenvalue weighted by molar-refractivity contribution is 0.194. The molecule has 1 aliphatic carbocycles. The maximum atomic E-state index is 9.57. The summed E-state index contributed by atoms with van der Waals surface area (Å²) in [5.74, 6) is 0. The van der Waals surface area contributed by atoms with Crippen molar-refractivity contribution in [3.63, 3.8) is 0 Å². The fourth-order valence-corrected chi connectivity index (χ4v) is 1.48. The molecule has 1 rings (SSSR count). The van der Waals surface area contributed by atoms with Crippen molar-refractivity contribution in [3.8, 4) is 0 Å². The summed E-state index contributed by atoms with van der Waals surface area (Å²) < 4.78 is 0. The largest absolute Gasteiger partial charge is 0.389 e. The summed E-state index contributed by atoms with van der Waals surface area (Å²) in [7, 11) is 0. The van der Waals surface area contributed by atoms with E-state index in [0.717, 1.165) is 24.8 Å². The molecule has 66 valence electrons. The second-order valence-electron chi connectivity index (χ2n) is 3.13. The van der Waals surface area contributed by atoms with Crippen LogP contribution in [0.1, 0.15) is 26.2 Å². The van der Waals surface area contributed by atoms with E-state index in [1.165, 1.54) is 5.57 Å². The first kappa shape index (κ1) is 9.27. The first-order valence-corrected chi connectivity index (χ1v) is 4.42. The van der Waals surface area contributed by atoms with Crippen molar-refractivity contribution < 1.29 is 5.11 Å². The van der Waals surface area contributed by atoms with E-state index < -0.39 is 0 Å². The summed E-state index contributed by atoms with van der Waals surface area (Å²) in [6.45, 7) is 5.71. The number of hydrogen-bond donors (Lipinski definition) is 1. The van der Waals surface area contributed by atoms with Crippen LogP contribution in [0.15, 0.2) is 36.0 Å². The van der Waals surface area contributed by atoms with Crippen LogP contribution in [0.4, 0.5) is 0 Å². The molecule has 0 bridgehead atoms. The molecule has 1 aliphatic rings. The molecule has 0 saturated heterocycles. The number of aliphatic hydroxyl groups excluding tert-OH is 1. The highest BCUT2D eigenvalue weighted by Gasteiger charge is 2.14. The SMILES string of the molecule is C=CCC1=C/C(=C\C)CCC1O. The molecule has 0 heterocycles. The Balaban J connectivity index is 2.77. The fourth-order valence-electron chi connectivity index (χ4n) is 1.48. The average Bonchev–Trinajstić information content (AvgIpc) is 2.09. The van der Waals surface area contributed by atoms with Gasteiger partial charge in [0.15, 0.2) is 0 Å². The molecule has 1 heteroatoms. The van der Waals surface area contributed by atoms with Crippen LogP contribution in [0.2, 0.25) is 0 Å². The topological polar surface area (TPSA) is 20.2 Å². The number of allylic oxidation sites excluding steroid dienone is 4. The molecule has 0 aromatic carbocycles. The molecule has 0 aromatic heterocycles. The highest BCUT2D eigenvalue weighted by molar-refractivity contribution is 5.30. The van der Waals surface area contributed by atoms with Gasteiger partial charge in [0, 0.05) is 0 Å². The van der Waals surface area contributed by atoms with Crippen LogP contribution in [-0.4, -0.2) is 11.2 Å². The van der Waals surface area contributed by atoms with Crippen molar-refractivity contribution in [2.75, 3.05) is 0 Å². The Bertz CT molecular complexity index is 223. The molecule has 0 saturated carbocycles. The van der Waals surface area contributed by atoms with Crippen molar-refractivity contribution in [1.82, 2.24) is 0 Å². The van der Waals surface area contributed by atoms with Crippen LogP contribution in [0.25, 0.3) is 0 Å². The van der Waals surface area contributed by atoms with Gasteiger partial charge in [-0.2, -0.15) is 0 Å². The van der Waals surface area contributed by atoms with E-state index in [4.69, 9.17) is 0 Å². The van der Waals surface area contributed by atoms with E-state index >= 15 is 0 Å². The molecule has 0 fully saturated rings. The van der Waals surface area contributed by atoms with E-state index in [0.29, 0.717) is 0 Å². The molecule has 0 aromatic rings. The van der Waals surface area contributed by atoms with E-state index in [-0.39, 0.29) is 6.10 Å². The maximum absolute atomic E-state index is 9.57. The minimum atomic E-state index is -0.244. The lowest BCUT2D eigenvalue weighted by atomic mass is 9.91. The van der Waals surface area contributed by atoms with Crippen LogP contribution in [0.3, 0.4) is 0 Å². The van der Waals surface area contributed by atoms with E-state index in [2.05, 4.69) is 18.7 Å². The van der Waals surface area contributed by atoms with Gasteiger partial charge in [-0.3, -0.25) is 0 Å². The number of aliphatic hydroxyl groups is 1. The Labute approximate surface area is 74.1 Å². The zero-order valence-electron chi connectivity index (χ0n) is 7.59. The van der Waals surface area contributed by atoms with Crippen molar-refractivity contribution in [2.24, 2.45) is 0 Å². The Morgan fingerprint density at radius 3 is 3.08 bits per heavy atom. The predicted octanol–water partition coefficient (Wildman–Crippen LogP) is 2.59. The highest BCUT2D eigenvalue weighted by Crippen LogP contribution is 2.24. The summed E-state index contributed by atoms with van der Waals surface area (Å²) in [6.07, 6.45) is 8.46. The van der Waals surface area contributed by atoms with E-state index in [1.807, 2.05) is 13.0 Å². The van der Waals surface area contributed by atoms with Gasteiger partial charge in [0.25, 0.3) is 0 Å². The quantitative estimate of drug-likeness (QED) is 0.622. The van der Waals surface area contributed by atoms with Crippen molar-refractivity contribution in [3.05, 3.63) is 36.0 Å². The summed E-state index contributed by atoms with van der Waals surface area (Å²) in [5.41, 5.74) is 2.43. The van der Waals surface area contributed by atoms with Crippen LogP contribution in [-0.2, 0) is 0 Å². The average molecular weight is 164 g/mol. The Morgan fingerprint density at radius 2 is 2.50 bits per heavy atom. The minimum Gasteiger partial charge on any atom is -0.389 e. The van der Waals surface area contributed by atoms with Gasteiger partial charge in [0.1, 0.15) is 0 Å². The van der Waals surface area contributed by atoms with Gasteiger partial charge < -0.3 is 5.11 Å². The van der Waals surface area contributed by atoms with Crippen molar-refractivity contribution in [2.45, 2.75) is 32.3 Å². The first-order valence-electron chi connectivity index (χ1n) is 4.42. The monoisotopic (exact) mass is 164 g/mol. The van der Waals surface area contributed by atoms with Gasteiger partial charge in [-0.1, -0.05) is 23.8 Å². The maximum Gasteiger partial charge on any atom is 0.0759 e. The predicted molar refractivity (Wildman–Crippen MR) is 51.9 cm³/mol. The third kappa shape index (κ3) is 2.08. The summed E-state index contributed by atoms with van der Waals surface area (Å²) in [5, 5.41) is 9.57. The second kappa shape index (κ2) is 4.27. The smallest absolute Gasteiger partial charge is 0.0759 e. The zero-order valence-corrected chi connectivity index (χ0v) is 7.59. The molecular weight excluding hydrogens is 148 g/mol. The normalized spacial score (nSPS) is 27.0. The van der Waals surface area contributed by atoms with E-state index in [9.17, 15) is 5.11 Å². The van der Waals surface area contributed by atoms with Crippen molar-refractivity contribution in [1.29, 1.82) is 0 Å². The summed E-state index contributed by atoms with van der Waals surface area (Å²) in [6, 6.07) is 0. The molecule has 0 radical (unpaired) electrons. The molecule has 0 spiro atoms. The third-order valence-corrected chi connectivity index (χ3v) is 2.26. The van der Waals surface area contributed by atoms with Crippen molar-refractivity contribution >= 4 is 0 Å². The third-order valence-electron chi connectivity index (χ3n) is 2.26. The fraction of sp³-hybridized carbons (Fsp3) is 0.455. The van der Waals surface area contributed by atoms with Crippen LogP contribution in [0, 0.1) is 0 Å². The Morgan fingerprint density at radius 1 is 1.75 bits per heavy atom. The molecule has 0 aliphatic heterocycles. The van der Waals surface area contributed by atoms with Gasteiger partial charge in [0.2, 0.25) is 0 Å². The molecule has 12 heavy (non-hydrogen) atoms. The first-order chi connectivity index (χ1) is 5.77. The van der Waals surface area contributed by atoms with Gasteiger partial charge in [0.05, 0.1) is 6.10 Å². The molecule has 1 N–H and O–H groups in total. The molecular formula is C11H16O. The minimum absolute atomic E-state index is 0.244. The Hall–Kier alpha value is -0.820. The lowest BCUT2D eigenvalue weighted by Crippen LogP contribution is -2.14. The highest BCUT2D eigenvalue weighted by atomic mass is 16.3. The Kier molecular flexibility index (Phi) is 3.30. The van der Waals surface area contributed by atoms with Crippen LogP contribution < -0.4 is 0 Å². The summed E-state index contributed by atoms with van der Waals surface area (Å²) in [4.78, 5) is 0. The van der Waals surface area contributed by atoms with E-state index in [1.54, 1.807) is 0 Å². The van der Waals surface area contributed by atoms with Crippen LogP contribution >= 0.6 is 0 Å². The number of hydrogen-bond acceptors (Lipinski definition) is 1. The molecule has 1 nitrogen and oxygen atoms in total. The molecule has 1 unspecified atom stereocenters. The summed E-state index contributed by atoms with van der Waals surface area (Å²) >= 11 is 0. The van der Waals surface area contributed by atoms with Gasteiger partial charge in [-0.05, 0) is 31.8 Å². The van der Waals surface area contributed by atoms with Crippen LogP contribution in [0.5, 0.6) is 0 Å². The zero-order chi connectivity index (χ0) is 8.97. The van der Waals surface area contributed by atoms with Gasteiger partial charge in [-0.25, -0.2) is 0 Å². The lowest BCUT2D eigenvalue weighted by Gasteiger charge is -2.20. The van der Waals surface area contributed by atoms with Gasteiger partial charge >= 0.3 is 0 Å².